The summed E-state index contributed by atoms with van der Waals surface area (Å²) in [5.41, 5.74) is 0.294. The molecule has 1 heterocycles. The number of carboxylic acid groups (broad SMARTS) is 1. The zero-order valence-corrected chi connectivity index (χ0v) is 9.30. The van der Waals surface area contributed by atoms with Crippen LogP contribution in [-0.4, -0.2) is 33.3 Å². The van der Waals surface area contributed by atoms with Crippen LogP contribution in [0.5, 0.6) is 0 Å². The van der Waals surface area contributed by atoms with E-state index in [1.165, 1.54) is 4.68 Å². The van der Waals surface area contributed by atoms with Gasteiger partial charge in [0.1, 0.15) is 5.69 Å². The average molecular weight is 225 g/mol. The molecule has 2 N–H and O–H groups in total. The summed E-state index contributed by atoms with van der Waals surface area (Å²) < 4.78 is 1.52. The fourth-order valence-electron chi connectivity index (χ4n) is 1.25. The van der Waals surface area contributed by atoms with Crippen LogP contribution in [0, 0.1) is 5.92 Å². The number of aromatic nitrogens is 2. The molecule has 1 unspecified atom stereocenters. The molecule has 0 aliphatic carbocycles. The highest BCUT2D eigenvalue weighted by Gasteiger charge is 2.17. The lowest BCUT2D eigenvalue weighted by atomic mass is 10.1. The molecule has 0 aliphatic heterocycles. The first-order valence-electron chi connectivity index (χ1n) is 5.05. The molecule has 1 atom stereocenters. The summed E-state index contributed by atoms with van der Waals surface area (Å²) in [4.78, 5) is 22.2. The van der Waals surface area contributed by atoms with Crippen molar-refractivity contribution < 1.29 is 14.7 Å². The van der Waals surface area contributed by atoms with E-state index in [-0.39, 0.29) is 12.5 Å². The minimum absolute atomic E-state index is 0.126. The monoisotopic (exact) mass is 225 g/mol. The zero-order valence-electron chi connectivity index (χ0n) is 9.30. The summed E-state index contributed by atoms with van der Waals surface area (Å²) in [6.07, 6.45) is 2.14. The number of rotatable bonds is 5. The normalized spacial score (nSPS) is 12.1. The molecule has 6 heteroatoms. The Labute approximate surface area is 93.3 Å². The van der Waals surface area contributed by atoms with E-state index in [4.69, 9.17) is 5.11 Å². The van der Waals surface area contributed by atoms with Gasteiger partial charge in [-0.3, -0.25) is 14.3 Å². The van der Waals surface area contributed by atoms with E-state index >= 15 is 0 Å². The van der Waals surface area contributed by atoms with Crippen LogP contribution in [0.25, 0.3) is 0 Å². The number of amides is 1. The molecule has 6 nitrogen and oxygen atoms in total. The van der Waals surface area contributed by atoms with Gasteiger partial charge in [0.25, 0.3) is 5.91 Å². The molecule has 0 fully saturated rings. The molecule has 0 spiro atoms. The van der Waals surface area contributed by atoms with Gasteiger partial charge in [0.2, 0.25) is 0 Å². The van der Waals surface area contributed by atoms with E-state index in [0.717, 1.165) is 0 Å². The van der Waals surface area contributed by atoms with E-state index in [9.17, 15) is 9.59 Å². The van der Waals surface area contributed by atoms with Crippen LogP contribution >= 0.6 is 0 Å². The first kappa shape index (κ1) is 12.2. The highest BCUT2D eigenvalue weighted by Crippen LogP contribution is 2.01. The van der Waals surface area contributed by atoms with E-state index in [1.807, 2.05) is 0 Å². The van der Waals surface area contributed by atoms with Gasteiger partial charge in [-0.2, -0.15) is 5.10 Å². The quantitative estimate of drug-likeness (QED) is 0.752. The van der Waals surface area contributed by atoms with Gasteiger partial charge in [-0.15, -0.1) is 0 Å². The predicted octanol–water partition coefficient (Wildman–Crippen LogP) is 0.261. The molecule has 0 saturated carbocycles. The van der Waals surface area contributed by atoms with Crippen LogP contribution in [0.1, 0.15) is 23.8 Å². The Kier molecular flexibility index (Phi) is 4.04. The zero-order chi connectivity index (χ0) is 12.1. The van der Waals surface area contributed by atoms with Crippen molar-refractivity contribution in [1.82, 2.24) is 15.1 Å². The lowest BCUT2D eigenvalue weighted by Gasteiger charge is -2.09. The molecular weight excluding hydrogens is 210 g/mol. The van der Waals surface area contributed by atoms with Crippen molar-refractivity contribution in [3.8, 4) is 0 Å². The summed E-state index contributed by atoms with van der Waals surface area (Å²) in [5, 5.41) is 15.3. The number of aryl methyl sites for hydroxylation is 1. The van der Waals surface area contributed by atoms with Crippen LogP contribution in [0.2, 0.25) is 0 Å². The number of hydrogen-bond donors (Lipinski definition) is 2. The van der Waals surface area contributed by atoms with Crippen molar-refractivity contribution in [2.45, 2.75) is 13.3 Å². The highest BCUT2D eigenvalue weighted by atomic mass is 16.4. The summed E-state index contributed by atoms with van der Waals surface area (Å²) in [6.45, 7) is 1.90. The fraction of sp³-hybridized carbons (Fsp3) is 0.500. The molecule has 1 aromatic heterocycles. The molecule has 0 radical (unpaired) electrons. The molecule has 1 aromatic rings. The van der Waals surface area contributed by atoms with Gasteiger partial charge in [0.15, 0.2) is 0 Å². The number of carbonyl (C=O) groups is 2. The number of carboxylic acids is 1. The Balaban J connectivity index is 2.49. The number of hydrogen-bond acceptors (Lipinski definition) is 3. The van der Waals surface area contributed by atoms with Gasteiger partial charge in [-0.1, -0.05) is 6.92 Å². The summed E-state index contributed by atoms with van der Waals surface area (Å²) in [5.74, 6) is -1.79. The molecule has 1 rings (SSSR count). The summed E-state index contributed by atoms with van der Waals surface area (Å²) in [6, 6.07) is 1.58. The SMILES string of the molecule is CCC(CNC(=O)c1ccn(C)n1)C(=O)O. The van der Waals surface area contributed by atoms with Gasteiger partial charge < -0.3 is 10.4 Å². The van der Waals surface area contributed by atoms with Crippen LogP contribution < -0.4 is 5.32 Å². The van der Waals surface area contributed by atoms with E-state index in [1.54, 1.807) is 26.2 Å². The van der Waals surface area contributed by atoms with Crippen molar-refractivity contribution in [3.05, 3.63) is 18.0 Å². The number of carbonyl (C=O) groups excluding carboxylic acids is 1. The minimum Gasteiger partial charge on any atom is -0.481 e. The molecule has 1 amide bonds. The fourth-order valence-corrected chi connectivity index (χ4v) is 1.25. The molecule has 0 saturated heterocycles. The van der Waals surface area contributed by atoms with E-state index in [2.05, 4.69) is 10.4 Å². The predicted molar refractivity (Wildman–Crippen MR) is 57.0 cm³/mol. The summed E-state index contributed by atoms with van der Waals surface area (Å²) >= 11 is 0. The standard InChI is InChI=1S/C10H15N3O3/c1-3-7(10(15)16)6-11-9(14)8-4-5-13(2)12-8/h4-5,7H,3,6H2,1-2H3,(H,11,14)(H,15,16). The molecule has 0 aliphatic rings. The maximum atomic E-state index is 11.5. The second-order valence-corrected chi connectivity index (χ2v) is 3.53. The largest absolute Gasteiger partial charge is 0.481 e. The highest BCUT2D eigenvalue weighted by molar-refractivity contribution is 5.92. The Hall–Kier alpha value is -1.85. The third-order valence-corrected chi connectivity index (χ3v) is 2.30. The Bertz CT molecular complexity index is 386. The molecule has 0 bridgehead atoms. The second-order valence-electron chi connectivity index (χ2n) is 3.53. The molecule has 16 heavy (non-hydrogen) atoms. The third kappa shape index (κ3) is 3.08. The van der Waals surface area contributed by atoms with E-state index < -0.39 is 11.9 Å². The van der Waals surface area contributed by atoms with Crippen molar-refractivity contribution in [3.63, 3.8) is 0 Å². The van der Waals surface area contributed by atoms with Gasteiger partial charge in [-0.05, 0) is 12.5 Å². The van der Waals surface area contributed by atoms with Crippen molar-refractivity contribution >= 4 is 11.9 Å². The lowest BCUT2D eigenvalue weighted by molar-refractivity contribution is -0.141. The Morgan fingerprint density at radius 1 is 1.62 bits per heavy atom. The summed E-state index contributed by atoms with van der Waals surface area (Å²) in [7, 11) is 1.71. The third-order valence-electron chi connectivity index (χ3n) is 2.30. The molecule has 0 aromatic carbocycles. The molecule has 88 valence electrons. The Morgan fingerprint density at radius 3 is 2.75 bits per heavy atom. The Morgan fingerprint density at radius 2 is 2.31 bits per heavy atom. The first-order valence-corrected chi connectivity index (χ1v) is 5.05. The van der Waals surface area contributed by atoms with Crippen LogP contribution in [0.15, 0.2) is 12.3 Å². The second kappa shape index (κ2) is 5.29. The van der Waals surface area contributed by atoms with Crippen molar-refractivity contribution in [1.29, 1.82) is 0 Å². The average Bonchev–Trinajstić information content (AvgIpc) is 2.65. The van der Waals surface area contributed by atoms with Gasteiger partial charge in [-0.25, -0.2) is 0 Å². The van der Waals surface area contributed by atoms with Gasteiger partial charge in [0, 0.05) is 19.8 Å². The number of nitrogens with zero attached hydrogens (tertiary/aromatic N) is 2. The van der Waals surface area contributed by atoms with Crippen LogP contribution in [0.4, 0.5) is 0 Å². The van der Waals surface area contributed by atoms with E-state index in [0.29, 0.717) is 12.1 Å². The van der Waals surface area contributed by atoms with Gasteiger partial charge >= 0.3 is 5.97 Å². The maximum absolute atomic E-state index is 11.5. The number of nitrogens with one attached hydrogen (secondary N) is 1. The first-order chi connectivity index (χ1) is 7.54. The topological polar surface area (TPSA) is 84.2 Å². The number of aliphatic carboxylic acids is 1. The van der Waals surface area contributed by atoms with Crippen LogP contribution in [-0.2, 0) is 11.8 Å². The van der Waals surface area contributed by atoms with Crippen LogP contribution in [0.3, 0.4) is 0 Å². The molecular formula is C10H15N3O3. The van der Waals surface area contributed by atoms with Crippen molar-refractivity contribution in [2.75, 3.05) is 6.54 Å². The smallest absolute Gasteiger partial charge is 0.308 e. The minimum atomic E-state index is -0.899. The lowest BCUT2D eigenvalue weighted by Crippen LogP contribution is -2.32. The van der Waals surface area contributed by atoms with Crippen molar-refractivity contribution in [2.24, 2.45) is 13.0 Å². The maximum Gasteiger partial charge on any atom is 0.308 e. The van der Waals surface area contributed by atoms with Gasteiger partial charge in [0.05, 0.1) is 5.92 Å².